The smallest absolute Gasteiger partial charge is 0.310 e. The standard InChI is InChI=1S/C15H28N2O2/c1-3-15(2,14(18)19)12-16-10-7-13(11-16)17-8-5-4-6-9-17/h13H,3-12H2,1-2H3,(H,18,19). The van der Waals surface area contributed by atoms with Gasteiger partial charge < -0.3 is 10.0 Å². The third-order valence-corrected chi connectivity index (χ3v) is 5.02. The summed E-state index contributed by atoms with van der Waals surface area (Å²) in [7, 11) is 0. The molecule has 0 spiro atoms. The highest BCUT2D eigenvalue weighted by atomic mass is 16.4. The number of piperidine rings is 1. The van der Waals surface area contributed by atoms with Crippen molar-refractivity contribution in [1.82, 2.24) is 9.80 Å². The van der Waals surface area contributed by atoms with Crippen LogP contribution in [0.1, 0.15) is 46.0 Å². The first-order valence-electron chi connectivity index (χ1n) is 7.75. The van der Waals surface area contributed by atoms with Gasteiger partial charge in [0.25, 0.3) is 0 Å². The van der Waals surface area contributed by atoms with E-state index in [2.05, 4.69) is 9.80 Å². The van der Waals surface area contributed by atoms with Crippen molar-refractivity contribution in [3.05, 3.63) is 0 Å². The maximum absolute atomic E-state index is 11.4. The number of hydrogen-bond donors (Lipinski definition) is 1. The van der Waals surface area contributed by atoms with Gasteiger partial charge in [-0.15, -0.1) is 0 Å². The van der Waals surface area contributed by atoms with E-state index in [1.165, 1.54) is 38.8 Å². The maximum atomic E-state index is 11.4. The lowest BCUT2D eigenvalue weighted by atomic mass is 9.87. The quantitative estimate of drug-likeness (QED) is 0.829. The van der Waals surface area contributed by atoms with Crippen LogP contribution in [0.25, 0.3) is 0 Å². The summed E-state index contributed by atoms with van der Waals surface area (Å²) in [6, 6.07) is 0.662. The monoisotopic (exact) mass is 268 g/mol. The van der Waals surface area contributed by atoms with Gasteiger partial charge in [-0.25, -0.2) is 0 Å². The number of aliphatic carboxylic acids is 1. The Labute approximate surface area is 116 Å². The number of hydrogen-bond acceptors (Lipinski definition) is 3. The van der Waals surface area contributed by atoms with Crippen LogP contribution in [0.5, 0.6) is 0 Å². The summed E-state index contributed by atoms with van der Waals surface area (Å²) in [6.45, 7) is 9.15. The highest BCUT2D eigenvalue weighted by molar-refractivity contribution is 5.74. The molecule has 110 valence electrons. The van der Waals surface area contributed by atoms with Crippen molar-refractivity contribution < 1.29 is 9.90 Å². The predicted molar refractivity (Wildman–Crippen MR) is 76.3 cm³/mol. The molecule has 2 fully saturated rings. The average molecular weight is 268 g/mol. The molecule has 2 atom stereocenters. The first kappa shape index (κ1) is 14.8. The molecule has 19 heavy (non-hydrogen) atoms. The van der Waals surface area contributed by atoms with E-state index in [4.69, 9.17) is 0 Å². The zero-order valence-electron chi connectivity index (χ0n) is 12.4. The van der Waals surface area contributed by atoms with Gasteiger partial charge >= 0.3 is 5.97 Å². The molecule has 0 aromatic carbocycles. The van der Waals surface area contributed by atoms with Gasteiger partial charge in [-0.2, -0.15) is 0 Å². The van der Waals surface area contributed by atoms with Crippen molar-refractivity contribution in [2.75, 3.05) is 32.7 Å². The fraction of sp³-hybridized carbons (Fsp3) is 0.933. The topological polar surface area (TPSA) is 43.8 Å². The molecule has 0 radical (unpaired) electrons. The number of likely N-dealkylation sites (tertiary alicyclic amines) is 2. The van der Waals surface area contributed by atoms with E-state index >= 15 is 0 Å². The van der Waals surface area contributed by atoms with Gasteiger partial charge in [-0.05, 0) is 52.2 Å². The molecule has 2 aliphatic heterocycles. The summed E-state index contributed by atoms with van der Waals surface area (Å²) in [5.74, 6) is -0.656. The molecule has 2 heterocycles. The number of carbonyl (C=O) groups is 1. The van der Waals surface area contributed by atoms with Crippen molar-refractivity contribution in [2.45, 2.75) is 52.0 Å². The Morgan fingerprint density at radius 2 is 1.95 bits per heavy atom. The van der Waals surface area contributed by atoms with Crippen molar-refractivity contribution >= 4 is 5.97 Å². The average Bonchev–Trinajstić information content (AvgIpc) is 2.87. The van der Waals surface area contributed by atoms with E-state index in [0.29, 0.717) is 19.0 Å². The molecule has 0 aromatic heterocycles. The van der Waals surface area contributed by atoms with Crippen LogP contribution in [-0.2, 0) is 4.79 Å². The van der Waals surface area contributed by atoms with Crippen molar-refractivity contribution in [3.8, 4) is 0 Å². The number of nitrogens with zero attached hydrogens (tertiary/aromatic N) is 2. The summed E-state index contributed by atoms with van der Waals surface area (Å²) in [5.41, 5.74) is -0.587. The zero-order chi connectivity index (χ0) is 13.9. The molecule has 2 rings (SSSR count). The van der Waals surface area contributed by atoms with E-state index < -0.39 is 11.4 Å². The lowest BCUT2D eigenvalue weighted by Gasteiger charge is -2.33. The fourth-order valence-electron chi connectivity index (χ4n) is 3.36. The van der Waals surface area contributed by atoms with Crippen LogP contribution in [0.2, 0.25) is 0 Å². The fourth-order valence-corrected chi connectivity index (χ4v) is 3.36. The van der Waals surface area contributed by atoms with Crippen molar-refractivity contribution in [2.24, 2.45) is 5.41 Å². The van der Waals surface area contributed by atoms with Crippen LogP contribution in [0.3, 0.4) is 0 Å². The summed E-state index contributed by atoms with van der Waals surface area (Å²) < 4.78 is 0. The molecule has 0 aromatic rings. The molecule has 2 saturated heterocycles. The van der Waals surface area contributed by atoms with Gasteiger partial charge in [0.15, 0.2) is 0 Å². The van der Waals surface area contributed by atoms with Crippen LogP contribution < -0.4 is 0 Å². The lowest BCUT2D eigenvalue weighted by molar-refractivity contribution is -0.149. The Morgan fingerprint density at radius 3 is 2.53 bits per heavy atom. The van der Waals surface area contributed by atoms with E-state index in [1.807, 2.05) is 13.8 Å². The third-order valence-electron chi connectivity index (χ3n) is 5.02. The normalized spacial score (nSPS) is 29.3. The number of rotatable bonds is 5. The SMILES string of the molecule is CCC(C)(CN1CCC(N2CCCCC2)C1)C(=O)O. The van der Waals surface area contributed by atoms with E-state index in [1.54, 1.807) is 0 Å². The molecular weight excluding hydrogens is 240 g/mol. The van der Waals surface area contributed by atoms with E-state index in [9.17, 15) is 9.90 Å². The summed E-state index contributed by atoms with van der Waals surface area (Å²) in [6.07, 6.45) is 5.95. The summed E-state index contributed by atoms with van der Waals surface area (Å²) in [4.78, 5) is 16.4. The molecule has 2 unspecified atom stereocenters. The van der Waals surface area contributed by atoms with Crippen molar-refractivity contribution in [1.29, 1.82) is 0 Å². The van der Waals surface area contributed by atoms with E-state index in [0.717, 1.165) is 13.1 Å². The molecule has 2 aliphatic rings. The van der Waals surface area contributed by atoms with Gasteiger partial charge in [-0.3, -0.25) is 9.69 Å². The Balaban J connectivity index is 1.86. The summed E-state index contributed by atoms with van der Waals surface area (Å²) in [5, 5.41) is 9.37. The molecule has 0 amide bonds. The predicted octanol–water partition coefficient (Wildman–Crippen LogP) is 2.05. The van der Waals surface area contributed by atoms with Crippen LogP contribution in [0.15, 0.2) is 0 Å². The second-order valence-corrected chi connectivity index (χ2v) is 6.49. The third kappa shape index (κ3) is 3.48. The van der Waals surface area contributed by atoms with Gasteiger partial charge in [-0.1, -0.05) is 13.3 Å². The Kier molecular flexibility index (Phi) is 4.85. The number of carboxylic acids is 1. The maximum Gasteiger partial charge on any atom is 0.310 e. The zero-order valence-corrected chi connectivity index (χ0v) is 12.4. The first-order valence-corrected chi connectivity index (χ1v) is 7.75. The van der Waals surface area contributed by atoms with Gasteiger partial charge in [0.05, 0.1) is 5.41 Å². The van der Waals surface area contributed by atoms with Crippen LogP contribution in [-0.4, -0.2) is 59.6 Å². The molecule has 0 bridgehead atoms. The minimum atomic E-state index is -0.656. The van der Waals surface area contributed by atoms with Gasteiger partial charge in [0, 0.05) is 19.1 Å². The van der Waals surface area contributed by atoms with Gasteiger partial charge in [0.2, 0.25) is 0 Å². The first-order chi connectivity index (χ1) is 9.05. The molecular formula is C15H28N2O2. The highest BCUT2D eigenvalue weighted by Gasteiger charge is 2.36. The Hall–Kier alpha value is -0.610. The van der Waals surface area contributed by atoms with Crippen LogP contribution >= 0.6 is 0 Å². The molecule has 0 aliphatic carbocycles. The van der Waals surface area contributed by atoms with Crippen LogP contribution in [0.4, 0.5) is 0 Å². The largest absolute Gasteiger partial charge is 0.481 e. The second-order valence-electron chi connectivity index (χ2n) is 6.49. The van der Waals surface area contributed by atoms with Crippen molar-refractivity contribution in [3.63, 3.8) is 0 Å². The number of carboxylic acid groups (broad SMARTS) is 1. The Morgan fingerprint density at radius 1 is 1.26 bits per heavy atom. The minimum Gasteiger partial charge on any atom is -0.481 e. The van der Waals surface area contributed by atoms with Gasteiger partial charge in [0.1, 0.15) is 0 Å². The Bertz CT molecular complexity index is 315. The summed E-state index contributed by atoms with van der Waals surface area (Å²) >= 11 is 0. The molecule has 4 heteroatoms. The molecule has 1 N–H and O–H groups in total. The lowest BCUT2D eigenvalue weighted by Crippen LogP contribution is -2.43. The molecule has 0 saturated carbocycles. The second kappa shape index (κ2) is 6.23. The van der Waals surface area contributed by atoms with Crippen LogP contribution in [0, 0.1) is 5.41 Å². The van der Waals surface area contributed by atoms with E-state index in [-0.39, 0.29) is 0 Å². The minimum absolute atomic E-state index is 0.587. The highest BCUT2D eigenvalue weighted by Crippen LogP contribution is 2.27. The molecule has 4 nitrogen and oxygen atoms in total.